The molecule has 0 saturated carbocycles. The average molecular weight is 297 g/mol. The Kier molecular flexibility index (Phi) is 5.47. The fraction of sp³-hybridized carbons (Fsp3) is 0.316. The molecule has 0 spiro atoms. The summed E-state index contributed by atoms with van der Waals surface area (Å²) in [5.74, 6) is -0.267. The van der Waals surface area contributed by atoms with Crippen LogP contribution < -0.4 is 5.73 Å². The van der Waals surface area contributed by atoms with Gasteiger partial charge in [-0.3, -0.25) is 4.79 Å². The maximum atomic E-state index is 12.7. The van der Waals surface area contributed by atoms with Crippen LogP contribution in [0.15, 0.2) is 48.5 Å². The normalized spacial score (nSPS) is 13.6. The van der Waals surface area contributed by atoms with Gasteiger partial charge in [0, 0.05) is 11.6 Å². The molecule has 0 bridgehead atoms. The summed E-state index contributed by atoms with van der Waals surface area (Å²) in [5.41, 5.74) is 9.15. The summed E-state index contributed by atoms with van der Waals surface area (Å²) >= 11 is 0. The van der Waals surface area contributed by atoms with Crippen molar-refractivity contribution in [3.05, 3.63) is 70.8 Å². The summed E-state index contributed by atoms with van der Waals surface area (Å²) in [4.78, 5) is 12.7. The predicted molar refractivity (Wildman–Crippen MR) is 88.8 cm³/mol. The van der Waals surface area contributed by atoms with Crippen LogP contribution in [0.2, 0.25) is 0 Å². The highest BCUT2D eigenvalue weighted by molar-refractivity contribution is 6.01. The first-order valence-corrected chi connectivity index (χ1v) is 7.70. The average Bonchev–Trinajstić information content (AvgIpc) is 2.54. The molecule has 0 radical (unpaired) electrons. The zero-order valence-corrected chi connectivity index (χ0v) is 13.1. The molecule has 2 aromatic rings. The monoisotopic (exact) mass is 297 g/mol. The number of aliphatic hydroxyl groups is 1. The SMILES string of the molecule is CCCc1c(C(=O)C(O)c2ccccc2)cccc1C(C)N. The van der Waals surface area contributed by atoms with Gasteiger partial charge in [0.15, 0.2) is 5.78 Å². The second kappa shape index (κ2) is 7.34. The van der Waals surface area contributed by atoms with E-state index in [0.29, 0.717) is 11.1 Å². The number of hydrogen-bond acceptors (Lipinski definition) is 3. The van der Waals surface area contributed by atoms with Crippen LogP contribution in [0.4, 0.5) is 0 Å². The highest BCUT2D eigenvalue weighted by atomic mass is 16.3. The van der Waals surface area contributed by atoms with Gasteiger partial charge < -0.3 is 10.8 Å². The second-order valence-electron chi connectivity index (χ2n) is 5.59. The molecular weight excluding hydrogens is 274 g/mol. The van der Waals surface area contributed by atoms with Gasteiger partial charge in [0.25, 0.3) is 0 Å². The smallest absolute Gasteiger partial charge is 0.196 e. The minimum atomic E-state index is -1.14. The number of carbonyl (C=O) groups is 1. The van der Waals surface area contributed by atoms with Gasteiger partial charge in [-0.25, -0.2) is 0 Å². The lowest BCUT2D eigenvalue weighted by Crippen LogP contribution is -2.17. The van der Waals surface area contributed by atoms with E-state index in [-0.39, 0.29) is 11.8 Å². The summed E-state index contributed by atoms with van der Waals surface area (Å²) in [6.07, 6.45) is 0.561. The number of Topliss-reactive ketones (excluding diaryl/α,β-unsaturated/α-hetero) is 1. The summed E-state index contributed by atoms with van der Waals surface area (Å²) < 4.78 is 0. The van der Waals surface area contributed by atoms with E-state index >= 15 is 0 Å². The number of benzene rings is 2. The summed E-state index contributed by atoms with van der Waals surface area (Å²) in [6.45, 7) is 3.98. The molecule has 2 rings (SSSR count). The van der Waals surface area contributed by atoms with Crippen molar-refractivity contribution in [1.29, 1.82) is 0 Å². The third-order valence-corrected chi connectivity index (χ3v) is 3.83. The number of nitrogens with two attached hydrogens (primary N) is 1. The first kappa shape index (κ1) is 16.4. The second-order valence-corrected chi connectivity index (χ2v) is 5.59. The van der Waals surface area contributed by atoms with E-state index in [1.54, 1.807) is 18.2 Å². The van der Waals surface area contributed by atoms with Crippen molar-refractivity contribution in [3.63, 3.8) is 0 Å². The Morgan fingerprint density at radius 1 is 1.14 bits per heavy atom. The molecule has 0 amide bonds. The standard InChI is InChI=1S/C19H23NO2/c1-3-8-16-15(13(2)20)11-7-12-17(16)19(22)18(21)14-9-5-4-6-10-14/h4-7,9-13,18,21H,3,8,20H2,1-2H3. The fourth-order valence-electron chi connectivity index (χ4n) is 2.73. The molecule has 0 aliphatic heterocycles. The third-order valence-electron chi connectivity index (χ3n) is 3.83. The van der Waals surface area contributed by atoms with Gasteiger partial charge in [-0.05, 0) is 30.0 Å². The molecule has 22 heavy (non-hydrogen) atoms. The van der Waals surface area contributed by atoms with E-state index in [4.69, 9.17) is 5.73 Å². The van der Waals surface area contributed by atoms with Crippen molar-refractivity contribution in [2.75, 3.05) is 0 Å². The zero-order valence-electron chi connectivity index (χ0n) is 13.1. The van der Waals surface area contributed by atoms with Gasteiger partial charge in [0.2, 0.25) is 0 Å². The van der Waals surface area contributed by atoms with Crippen molar-refractivity contribution in [1.82, 2.24) is 0 Å². The molecule has 2 unspecified atom stereocenters. The predicted octanol–water partition coefficient (Wildman–Crippen LogP) is 3.58. The number of ketones is 1. The quantitative estimate of drug-likeness (QED) is 0.801. The number of aliphatic hydroxyl groups excluding tert-OH is 1. The lowest BCUT2D eigenvalue weighted by molar-refractivity contribution is 0.0746. The molecule has 0 aliphatic rings. The van der Waals surface area contributed by atoms with Gasteiger partial charge in [-0.2, -0.15) is 0 Å². The first-order chi connectivity index (χ1) is 10.6. The number of rotatable bonds is 6. The molecule has 0 heterocycles. The molecule has 3 nitrogen and oxygen atoms in total. The molecule has 0 saturated heterocycles. The summed E-state index contributed by atoms with van der Waals surface area (Å²) in [6, 6.07) is 14.5. The van der Waals surface area contributed by atoms with E-state index in [9.17, 15) is 9.90 Å². The fourth-order valence-corrected chi connectivity index (χ4v) is 2.73. The van der Waals surface area contributed by atoms with Crippen molar-refractivity contribution >= 4 is 5.78 Å². The van der Waals surface area contributed by atoms with E-state index in [2.05, 4.69) is 6.92 Å². The van der Waals surface area contributed by atoms with Crippen LogP contribution in [0, 0.1) is 0 Å². The van der Waals surface area contributed by atoms with Crippen LogP contribution in [-0.2, 0) is 6.42 Å². The van der Waals surface area contributed by atoms with Crippen LogP contribution in [-0.4, -0.2) is 10.9 Å². The molecule has 3 heteroatoms. The van der Waals surface area contributed by atoms with Crippen LogP contribution in [0.25, 0.3) is 0 Å². The van der Waals surface area contributed by atoms with E-state index < -0.39 is 6.10 Å². The Hall–Kier alpha value is -1.97. The van der Waals surface area contributed by atoms with E-state index in [0.717, 1.165) is 24.0 Å². The minimum absolute atomic E-state index is 0.136. The van der Waals surface area contributed by atoms with Crippen LogP contribution >= 0.6 is 0 Å². The van der Waals surface area contributed by atoms with Gasteiger partial charge in [0.1, 0.15) is 6.10 Å². The Morgan fingerprint density at radius 3 is 2.41 bits per heavy atom. The lowest BCUT2D eigenvalue weighted by Gasteiger charge is -2.18. The molecule has 3 N–H and O–H groups in total. The Balaban J connectivity index is 2.43. The molecule has 116 valence electrons. The van der Waals surface area contributed by atoms with Crippen LogP contribution in [0.1, 0.15) is 59.5 Å². The van der Waals surface area contributed by atoms with E-state index in [1.165, 1.54) is 0 Å². The number of carbonyl (C=O) groups excluding carboxylic acids is 1. The molecule has 0 aromatic heterocycles. The third kappa shape index (κ3) is 3.43. The van der Waals surface area contributed by atoms with Gasteiger partial charge in [0.05, 0.1) is 0 Å². The molecule has 0 fully saturated rings. The summed E-state index contributed by atoms with van der Waals surface area (Å²) in [7, 11) is 0. The maximum absolute atomic E-state index is 12.7. The molecule has 0 aliphatic carbocycles. The largest absolute Gasteiger partial charge is 0.380 e. The first-order valence-electron chi connectivity index (χ1n) is 7.70. The molecule has 2 aromatic carbocycles. The van der Waals surface area contributed by atoms with Crippen LogP contribution in [0.3, 0.4) is 0 Å². The molecule has 2 atom stereocenters. The summed E-state index contributed by atoms with van der Waals surface area (Å²) in [5, 5.41) is 10.4. The van der Waals surface area contributed by atoms with Gasteiger partial charge in [-0.1, -0.05) is 61.9 Å². The van der Waals surface area contributed by atoms with Crippen molar-refractivity contribution in [2.24, 2.45) is 5.73 Å². The van der Waals surface area contributed by atoms with Gasteiger partial charge >= 0.3 is 0 Å². The highest BCUT2D eigenvalue weighted by Crippen LogP contribution is 2.26. The van der Waals surface area contributed by atoms with Crippen molar-refractivity contribution in [3.8, 4) is 0 Å². The topological polar surface area (TPSA) is 63.3 Å². The highest BCUT2D eigenvalue weighted by Gasteiger charge is 2.23. The van der Waals surface area contributed by atoms with Crippen LogP contribution in [0.5, 0.6) is 0 Å². The maximum Gasteiger partial charge on any atom is 0.196 e. The Morgan fingerprint density at radius 2 is 1.82 bits per heavy atom. The number of hydrogen-bond donors (Lipinski definition) is 2. The molecular formula is C19H23NO2. The lowest BCUT2D eigenvalue weighted by atomic mass is 9.89. The van der Waals surface area contributed by atoms with E-state index in [1.807, 2.05) is 37.3 Å². The minimum Gasteiger partial charge on any atom is -0.380 e. The van der Waals surface area contributed by atoms with Gasteiger partial charge in [-0.15, -0.1) is 0 Å². The van der Waals surface area contributed by atoms with Crippen molar-refractivity contribution in [2.45, 2.75) is 38.8 Å². The Labute approximate surface area is 131 Å². The zero-order chi connectivity index (χ0) is 16.1. The van der Waals surface area contributed by atoms with Crippen molar-refractivity contribution < 1.29 is 9.90 Å². The Bertz CT molecular complexity index is 635.